The van der Waals surface area contributed by atoms with Crippen molar-refractivity contribution in [3.8, 4) is 6.07 Å². The van der Waals surface area contributed by atoms with Gasteiger partial charge >= 0.3 is 0 Å². The van der Waals surface area contributed by atoms with Gasteiger partial charge in [-0.25, -0.2) is 8.78 Å². The molecule has 1 aromatic rings. The van der Waals surface area contributed by atoms with Crippen LogP contribution in [0.25, 0.3) is 5.57 Å². The predicted molar refractivity (Wildman–Crippen MR) is 93.7 cm³/mol. The van der Waals surface area contributed by atoms with Gasteiger partial charge in [-0.1, -0.05) is 6.08 Å². The Bertz CT molecular complexity index is 816. The maximum atomic E-state index is 13.5. The Kier molecular flexibility index (Phi) is 5.49. The van der Waals surface area contributed by atoms with Crippen molar-refractivity contribution in [1.29, 1.82) is 5.26 Å². The third-order valence-electron chi connectivity index (χ3n) is 4.84. The molecule has 1 saturated heterocycles. The highest BCUT2D eigenvalue weighted by Gasteiger charge is 2.47. The van der Waals surface area contributed by atoms with Gasteiger partial charge in [0.2, 0.25) is 5.91 Å². The van der Waals surface area contributed by atoms with E-state index < -0.39 is 43.3 Å². The zero-order valence-corrected chi connectivity index (χ0v) is 14.8. The fourth-order valence-electron chi connectivity index (χ4n) is 3.48. The molecule has 2 aliphatic rings. The van der Waals surface area contributed by atoms with Crippen LogP contribution in [0.3, 0.4) is 0 Å². The van der Waals surface area contributed by atoms with Gasteiger partial charge in [-0.3, -0.25) is 14.6 Å². The van der Waals surface area contributed by atoms with Crippen LogP contribution in [-0.4, -0.2) is 46.8 Å². The van der Waals surface area contributed by atoms with Crippen LogP contribution in [0, 0.1) is 11.3 Å². The van der Waals surface area contributed by atoms with Crippen LogP contribution >= 0.6 is 0 Å². The van der Waals surface area contributed by atoms with Crippen molar-refractivity contribution in [3.05, 3.63) is 35.7 Å². The maximum Gasteiger partial charge on any atom is 0.268 e. The number of carbonyl (C=O) groups is 2. The van der Waals surface area contributed by atoms with Crippen LogP contribution in [-0.2, 0) is 4.79 Å². The summed E-state index contributed by atoms with van der Waals surface area (Å²) in [4.78, 5) is 29.7. The number of hydrogen-bond donors (Lipinski definition) is 1. The molecule has 1 aliphatic heterocycles. The fourth-order valence-corrected chi connectivity index (χ4v) is 3.48. The monoisotopic (exact) mass is 374 g/mol. The molecule has 0 spiro atoms. The quantitative estimate of drug-likeness (QED) is 0.877. The Hall–Kier alpha value is -2.82. The molecule has 8 heteroatoms. The van der Waals surface area contributed by atoms with Gasteiger partial charge in [0.15, 0.2) is 0 Å². The lowest BCUT2D eigenvalue weighted by molar-refractivity contribution is -0.131. The molecule has 1 fully saturated rings. The van der Waals surface area contributed by atoms with Gasteiger partial charge < -0.3 is 10.2 Å². The summed E-state index contributed by atoms with van der Waals surface area (Å²) in [6, 6.07) is 2.12. The molecule has 1 N–H and O–H groups in total. The summed E-state index contributed by atoms with van der Waals surface area (Å²) in [7, 11) is 0. The number of amides is 2. The number of nitriles is 1. The highest BCUT2D eigenvalue weighted by atomic mass is 19.3. The second kappa shape index (κ2) is 7.82. The average molecular weight is 374 g/mol. The van der Waals surface area contributed by atoms with Crippen molar-refractivity contribution in [2.45, 2.75) is 44.1 Å². The molecular formula is C19H20F2N4O2. The molecule has 0 bridgehead atoms. The second-order valence-corrected chi connectivity index (χ2v) is 6.81. The molecule has 0 radical (unpaired) electrons. The van der Waals surface area contributed by atoms with E-state index in [1.54, 1.807) is 18.3 Å². The van der Waals surface area contributed by atoms with Gasteiger partial charge in [0, 0.05) is 29.9 Å². The standard InChI is InChI=1S/C19H20F2N4O2/c20-19(21)8-14(9-22)25(12-19)17(26)11-24-18(27)15-6-7-23-10-16(15)13-4-2-1-3-5-13/h4,6-7,10,14H,1-3,5,8,11-12H2,(H,24,27). The minimum absolute atomic E-state index is 0.398. The first-order chi connectivity index (χ1) is 12.9. The summed E-state index contributed by atoms with van der Waals surface area (Å²) >= 11 is 0. The van der Waals surface area contributed by atoms with Gasteiger partial charge in [-0.2, -0.15) is 5.26 Å². The number of alkyl halides is 2. The van der Waals surface area contributed by atoms with Crippen LogP contribution in [0.2, 0.25) is 0 Å². The fraction of sp³-hybridized carbons (Fsp3) is 0.474. The Morgan fingerprint density at radius 1 is 1.41 bits per heavy atom. The molecule has 1 unspecified atom stereocenters. The molecule has 3 rings (SSSR count). The highest BCUT2D eigenvalue weighted by molar-refractivity contribution is 6.00. The molecule has 1 atom stereocenters. The largest absolute Gasteiger partial charge is 0.343 e. The normalized spacial score (nSPS) is 21.3. The molecule has 1 aromatic heterocycles. The minimum Gasteiger partial charge on any atom is -0.343 e. The third kappa shape index (κ3) is 4.30. The number of allylic oxidation sites excluding steroid dienone is 2. The molecular weight excluding hydrogens is 354 g/mol. The third-order valence-corrected chi connectivity index (χ3v) is 4.84. The lowest BCUT2D eigenvalue weighted by atomic mass is 9.92. The Morgan fingerprint density at radius 2 is 2.22 bits per heavy atom. The summed E-state index contributed by atoms with van der Waals surface area (Å²) in [5.74, 6) is -4.24. The van der Waals surface area contributed by atoms with Crippen molar-refractivity contribution in [1.82, 2.24) is 15.2 Å². The predicted octanol–water partition coefficient (Wildman–Crippen LogP) is 2.53. The van der Waals surface area contributed by atoms with Crippen molar-refractivity contribution >= 4 is 17.4 Å². The summed E-state index contributed by atoms with van der Waals surface area (Å²) in [5.41, 5.74) is 2.17. The number of rotatable bonds is 4. The van der Waals surface area contributed by atoms with Crippen LogP contribution in [0.5, 0.6) is 0 Å². The van der Waals surface area contributed by atoms with Crippen molar-refractivity contribution in [2.75, 3.05) is 13.1 Å². The first kappa shape index (κ1) is 19.0. The van der Waals surface area contributed by atoms with Crippen LogP contribution in [0.15, 0.2) is 24.5 Å². The SMILES string of the molecule is N#CC1CC(F)(F)CN1C(=O)CNC(=O)c1ccncc1C1=CCCCC1. The maximum absolute atomic E-state index is 13.5. The van der Waals surface area contributed by atoms with E-state index in [9.17, 15) is 18.4 Å². The Labute approximate surface area is 155 Å². The number of pyridine rings is 1. The topological polar surface area (TPSA) is 86.1 Å². The Balaban J connectivity index is 1.67. The second-order valence-electron chi connectivity index (χ2n) is 6.81. The Morgan fingerprint density at radius 3 is 2.93 bits per heavy atom. The first-order valence-electron chi connectivity index (χ1n) is 8.90. The van der Waals surface area contributed by atoms with E-state index in [-0.39, 0.29) is 0 Å². The molecule has 2 heterocycles. The van der Waals surface area contributed by atoms with Crippen molar-refractivity contribution in [2.24, 2.45) is 0 Å². The van der Waals surface area contributed by atoms with Crippen LogP contribution in [0.4, 0.5) is 8.78 Å². The van der Waals surface area contributed by atoms with Gasteiger partial charge in [-0.05, 0) is 37.3 Å². The van der Waals surface area contributed by atoms with E-state index in [1.807, 2.05) is 0 Å². The van der Waals surface area contributed by atoms with Gasteiger partial charge in [0.25, 0.3) is 11.8 Å². The summed E-state index contributed by atoms with van der Waals surface area (Å²) in [6.45, 7) is -1.23. The van der Waals surface area contributed by atoms with E-state index in [0.717, 1.165) is 41.7 Å². The van der Waals surface area contributed by atoms with Crippen LogP contribution < -0.4 is 5.32 Å². The van der Waals surface area contributed by atoms with E-state index in [0.29, 0.717) is 5.56 Å². The summed E-state index contributed by atoms with van der Waals surface area (Å²) in [6.07, 6.45) is 8.49. The number of carbonyl (C=O) groups excluding carboxylic acids is 2. The van der Waals surface area contributed by atoms with Gasteiger partial charge in [0.05, 0.1) is 19.2 Å². The number of likely N-dealkylation sites (tertiary alicyclic amines) is 1. The lowest BCUT2D eigenvalue weighted by Gasteiger charge is -2.20. The van der Waals surface area contributed by atoms with E-state index >= 15 is 0 Å². The number of aromatic nitrogens is 1. The molecule has 142 valence electrons. The molecule has 0 saturated carbocycles. The average Bonchev–Trinajstić information content (AvgIpc) is 3.01. The van der Waals surface area contributed by atoms with E-state index in [4.69, 9.17) is 5.26 Å². The zero-order chi connectivity index (χ0) is 19.4. The van der Waals surface area contributed by atoms with Crippen molar-refractivity contribution in [3.63, 3.8) is 0 Å². The van der Waals surface area contributed by atoms with Gasteiger partial charge in [-0.15, -0.1) is 0 Å². The van der Waals surface area contributed by atoms with Crippen LogP contribution in [0.1, 0.15) is 48.0 Å². The number of nitrogens with one attached hydrogen (secondary N) is 1. The first-order valence-corrected chi connectivity index (χ1v) is 8.90. The highest BCUT2D eigenvalue weighted by Crippen LogP contribution is 2.32. The molecule has 2 amide bonds. The molecule has 6 nitrogen and oxygen atoms in total. The smallest absolute Gasteiger partial charge is 0.268 e. The zero-order valence-electron chi connectivity index (χ0n) is 14.8. The minimum atomic E-state index is -3.08. The molecule has 27 heavy (non-hydrogen) atoms. The summed E-state index contributed by atoms with van der Waals surface area (Å²) in [5, 5.41) is 11.5. The van der Waals surface area contributed by atoms with E-state index in [1.165, 1.54) is 6.20 Å². The van der Waals surface area contributed by atoms with Crippen molar-refractivity contribution < 1.29 is 18.4 Å². The van der Waals surface area contributed by atoms with E-state index in [2.05, 4.69) is 16.4 Å². The number of nitrogens with zero attached hydrogens (tertiary/aromatic N) is 3. The molecule has 1 aliphatic carbocycles. The molecule has 0 aromatic carbocycles. The van der Waals surface area contributed by atoms with Gasteiger partial charge in [0.1, 0.15) is 6.04 Å². The number of halogens is 2. The summed E-state index contributed by atoms with van der Waals surface area (Å²) < 4.78 is 26.9. The number of hydrogen-bond acceptors (Lipinski definition) is 4. The lowest BCUT2D eigenvalue weighted by Crippen LogP contribution is -2.43.